The van der Waals surface area contributed by atoms with E-state index < -0.39 is 0 Å². The highest BCUT2D eigenvalue weighted by Crippen LogP contribution is 2.15. The topological polar surface area (TPSA) is 45.5 Å². The average molecular weight is 250 g/mol. The van der Waals surface area contributed by atoms with Crippen LogP contribution in [-0.4, -0.2) is 30.4 Å². The summed E-state index contributed by atoms with van der Waals surface area (Å²) in [7, 11) is 0. The molecule has 1 amide bonds. The number of unbranched alkanes of at least 4 members (excludes halogenated alkanes) is 1. The molecule has 100 valence electrons. The quantitative estimate of drug-likeness (QED) is 0.789. The Bertz CT molecular complexity index is 381. The van der Waals surface area contributed by atoms with Crippen molar-refractivity contribution in [2.75, 3.05) is 19.6 Å². The highest BCUT2D eigenvalue weighted by molar-refractivity contribution is 5.91. The van der Waals surface area contributed by atoms with Gasteiger partial charge >= 0.3 is 0 Å². The lowest BCUT2D eigenvalue weighted by Gasteiger charge is -2.11. The van der Waals surface area contributed by atoms with Crippen molar-refractivity contribution in [3.63, 3.8) is 0 Å². The van der Waals surface area contributed by atoms with Crippen LogP contribution in [0.25, 0.3) is 0 Å². The summed E-state index contributed by atoms with van der Waals surface area (Å²) in [5, 5.41) is 2.86. The maximum absolute atomic E-state index is 11.8. The van der Waals surface area contributed by atoms with Crippen LogP contribution >= 0.6 is 0 Å². The van der Waals surface area contributed by atoms with Gasteiger partial charge in [0.05, 0.1) is 6.54 Å². The molecule has 0 atom stereocenters. The van der Waals surface area contributed by atoms with Crippen LogP contribution in [0.1, 0.15) is 48.9 Å². The van der Waals surface area contributed by atoms with Crippen LogP contribution in [0, 0.1) is 0 Å². The summed E-state index contributed by atoms with van der Waals surface area (Å²) in [6.07, 6.45) is 4.63. The smallest absolute Gasteiger partial charge is 0.286 e. The molecule has 4 nitrogen and oxygen atoms in total. The summed E-state index contributed by atoms with van der Waals surface area (Å²) < 4.78 is 5.58. The number of nitrogens with one attached hydrogen (secondary N) is 1. The SMILES string of the molecule is CCCCNC(=O)c1ccc(CN2CCCC2)o1. The first-order chi connectivity index (χ1) is 8.79. The molecule has 1 aromatic rings. The highest BCUT2D eigenvalue weighted by Gasteiger charge is 2.15. The number of amides is 1. The maximum atomic E-state index is 11.8. The number of hydrogen-bond acceptors (Lipinski definition) is 3. The second-order valence-corrected chi connectivity index (χ2v) is 4.86. The predicted octanol–water partition coefficient (Wildman–Crippen LogP) is 2.41. The Morgan fingerprint density at radius 3 is 2.89 bits per heavy atom. The number of likely N-dealkylation sites (tertiary alicyclic amines) is 1. The van der Waals surface area contributed by atoms with Crippen molar-refractivity contribution in [1.29, 1.82) is 0 Å². The first-order valence-corrected chi connectivity index (χ1v) is 6.89. The Hall–Kier alpha value is -1.29. The zero-order chi connectivity index (χ0) is 12.8. The molecule has 1 aliphatic rings. The Kier molecular flexibility index (Phi) is 4.81. The Labute approximate surface area is 108 Å². The molecule has 1 fully saturated rings. The largest absolute Gasteiger partial charge is 0.455 e. The standard InChI is InChI=1S/C14H22N2O2/c1-2-3-8-15-14(17)13-7-6-12(18-13)11-16-9-4-5-10-16/h6-7H,2-5,8-11H2,1H3,(H,15,17). The Morgan fingerprint density at radius 1 is 1.39 bits per heavy atom. The lowest BCUT2D eigenvalue weighted by Crippen LogP contribution is -2.23. The van der Waals surface area contributed by atoms with Crippen molar-refractivity contribution >= 4 is 5.91 Å². The first kappa shape index (κ1) is 13.1. The summed E-state index contributed by atoms with van der Waals surface area (Å²) in [6.45, 7) is 5.92. The van der Waals surface area contributed by atoms with Gasteiger partial charge in [0.2, 0.25) is 0 Å². The molecule has 0 aliphatic carbocycles. The summed E-state index contributed by atoms with van der Waals surface area (Å²) in [4.78, 5) is 14.1. The number of hydrogen-bond donors (Lipinski definition) is 1. The number of carbonyl (C=O) groups excluding carboxylic acids is 1. The van der Waals surface area contributed by atoms with Crippen LogP contribution in [0.15, 0.2) is 16.5 Å². The van der Waals surface area contributed by atoms with Crippen molar-refractivity contribution in [2.45, 2.75) is 39.2 Å². The van der Waals surface area contributed by atoms with Gasteiger partial charge in [-0.15, -0.1) is 0 Å². The van der Waals surface area contributed by atoms with Crippen LogP contribution in [0.5, 0.6) is 0 Å². The molecular weight excluding hydrogens is 228 g/mol. The molecule has 4 heteroatoms. The second-order valence-electron chi connectivity index (χ2n) is 4.86. The highest BCUT2D eigenvalue weighted by atomic mass is 16.4. The molecule has 0 radical (unpaired) electrons. The fourth-order valence-corrected chi connectivity index (χ4v) is 2.21. The molecule has 18 heavy (non-hydrogen) atoms. The first-order valence-electron chi connectivity index (χ1n) is 6.89. The second kappa shape index (κ2) is 6.59. The summed E-state index contributed by atoms with van der Waals surface area (Å²) in [6, 6.07) is 3.68. The van der Waals surface area contributed by atoms with Gasteiger partial charge in [-0.05, 0) is 44.5 Å². The van der Waals surface area contributed by atoms with Gasteiger partial charge in [0.25, 0.3) is 5.91 Å². The monoisotopic (exact) mass is 250 g/mol. The van der Waals surface area contributed by atoms with E-state index in [9.17, 15) is 4.79 Å². The molecule has 2 heterocycles. The van der Waals surface area contributed by atoms with E-state index in [1.54, 1.807) is 6.07 Å². The predicted molar refractivity (Wildman–Crippen MR) is 70.5 cm³/mol. The Balaban J connectivity index is 1.82. The maximum Gasteiger partial charge on any atom is 0.286 e. The molecule has 1 aromatic heterocycles. The van der Waals surface area contributed by atoms with Gasteiger partial charge in [-0.3, -0.25) is 9.69 Å². The van der Waals surface area contributed by atoms with Crippen LogP contribution in [0.4, 0.5) is 0 Å². The summed E-state index contributed by atoms with van der Waals surface area (Å²) in [5.74, 6) is 1.22. The Morgan fingerprint density at radius 2 is 2.17 bits per heavy atom. The molecule has 2 rings (SSSR count). The molecule has 0 unspecified atom stereocenters. The molecule has 1 N–H and O–H groups in total. The lowest BCUT2D eigenvalue weighted by atomic mass is 10.3. The van der Waals surface area contributed by atoms with Gasteiger partial charge in [-0.2, -0.15) is 0 Å². The molecular formula is C14H22N2O2. The molecule has 0 saturated carbocycles. The zero-order valence-corrected chi connectivity index (χ0v) is 11.1. The minimum Gasteiger partial charge on any atom is -0.455 e. The van der Waals surface area contributed by atoms with E-state index >= 15 is 0 Å². The number of nitrogens with zero attached hydrogens (tertiary/aromatic N) is 1. The molecule has 0 spiro atoms. The minimum atomic E-state index is -0.101. The third-order valence-corrected chi connectivity index (χ3v) is 3.28. The van der Waals surface area contributed by atoms with E-state index in [2.05, 4.69) is 17.1 Å². The van der Waals surface area contributed by atoms with Gasteiger partial charge in [0.1, 0.15) is 5.76 Å². The van der Waals surface area contributed by atoms with E-state index in [0.717, 1.165) is 44.8 Å². The van der Waals surface area contributed by atoms with E-state index in [0.29, 0.717) is 5.76 Å². The molecule has 1 aliphatic heterocycles. The van der Waals surface area contributed by atoms with Crippen molar-refractivity contribution in [3.8, 4) is 0 Å². The van der Waals surface area contributed by atoms with Crippen LogP contribution in [-0.2, 0) is 6.54 Å². The number of carbonyl (C=O) groups is 1. The summed E-state index contributed by atoms with van der Waals surface area (Å²) >= 11 is 0. The molecule has 1 saturated heterocycles. The van der Waals surface area contributed by atoms with E-state index in [-0.39, 0.29) is 5.91 Å². The average Bonchev–Trinajstić information content (AvgIpc) is 3.01. The van der Waals surface area contributed by atoms with Crippen molar-refractivity contribution in [2.24, 2.45) is 0 Å². The van der Waals surface area contributed by atoms with Gasteiger partial charge in [0, 0.05) is 6.54 Å². The fraction of sp³-hybridized carbons (Fsp3) is 0.643. The van der Waals surface area contributed by atoms with E-state index in [1.807, 2.05) is 6.07 Å². The zero-order valence-electron chi connectivity index (χ0n) is 11.1. The van der Waals surface area contributed by atoms with Gasteiger partial charge < -0.3 is 9.73 Å². The number of furan rings is 1. The van der Waals surface area contributed by atoms with Crippen molar-refractivity contribution in [3.05, 3.63) is 23.7 Å². The van der Waals surface area contributed by atoms with Crippen LogP contribution in [0.2, 0.25) is 0 Å². The van der Waals surface area contributed by atoms with E-state index in [4.69, 9.17) is 4.42 Å². The van der Waals surface area contributed by atoms with Gasteiger partial charge in [0.15, 0.2) is 5.76 Å². The molecule has 0 bridgehead atoms. The third kappa shape index (κ3) is 3.60. The van der Waals surface area contributed by atoms with Crippen molar-refractivity contribution in [1.82, 2.24) is 10.2 Å². The van der Waals surface area contributed by atoms with Crippen molar-refractivity contribution < 1.29 is 9.21 Å². The van der Waals surface area contributed by atoms with Crippen LogP contribution in [0.3, 0.4) is 0 Å². The molecule has 0 aromatic carbocycles. The normalized spacial score (nSPS) is 16.1. The van der Waals surface area contributed by atoms with Gasteiger partial charge in [-0.25, -0.2) is 0 Å². The third-order valence-electron chi connectivity index (χ3n) is 3.28. The lowest BCUT2D eigenvalue weighted by molar-refractivity contribution is 0.0922. The van der Waals surface area contributed by atoms with Crippen LogP contribution < -0.4 is 5.32 Å². The van der Waals surface area contributed by atoms with Gasteiger partial charge in [-0.1, -0.05) is 13.3 Å². The minimum absolute atomic E-state index is 0.101. The number of rotatable bonds is 6. The summed E-state index contributed by atoms with van der Waals surface area (Å²) in [5.41, 5.74) is 0. The van der Waals surface area contributed by atoms with E-state index in [1.165, 1.54) is 12.8 Å². The fourth-order valence-electron chi connectivity index (χ4n) is 2.21.